The van der Waals surface area contributed by atoms with E-state index < -0.39 is 6.10 Å². The van der Waals surface area contributed by atoms with Gasteiger partial charge in [-0.05, 0) is 49.9 Å². The fourth-order valence-corrected chi connectivity index (χ4v) is 2.46. The molecule has 0 heterocycles. The topological polar surface area (TPSA) is 38.3 Å². The van der Waals surface area contributed by atoms with Crippen molar-refractivity contribution in [1.82, 2.24) is 5.32 Å². The summed E-state index contributed by atoms with van der Waals surface area (Å²) in [6, 6.07) is 15.8. The number of aryl methyl sites for hydroxylation is 1. The summed E-state index contributed by atoms with van der Waals surface area (Å²) in [4.78, 5) is 12.5. The van der Waals surface area contributed by atoms with Crippen molar-refractivity contribution in [3.8, 4) is 5.75 Å². The molecule has 0 aliphatic carbocycles. The van der Waals surface area contributed by atoms with Gasteiger partial charge in [0.2, 0.25) is 0 Å². The fraction of sp³-hybridized carbons (Fsp3) is 0.350. The van der Waals surface area contributed by atoms with Crippen LogP contribution < -0.4 is 10.1 Å². The summed E-state index contributed by atoms with van der Waals surface area (Å²) in [6.45, 7) is 8.00. The molecule has 2 aromatic carbocycles. The van der Waals surface area contributed by atoms with Crippen LogP contribution in [0.5, 0.6) is 5.75 Å². The Morgan fingerprint density at radius 1 is 1.09 bits per heavy atom. The zero-order valence-electron chi connectivity index (χ0n) is 14.3. The van der Waals surface area contributed by atoms with Crippen molar-refractivity contribution in [2.75, 3.05) is 0 Å². The Morgan fingerprint density at radius 2 is 1.78 bits per heavy atom. The minimum atomic E-state index is -0.485. The van der Waals surface area contributed by atoms with Gasteiger partial charge in [0.15, 0.2) is 6.10 Å². The SMILES string of the molecule is CCC(Oc1cccc(C)c1C)C(=O)N[C@H](C)c1ccccc1. The van der Waals surface area contributed by atoms with Gasteiger partial charge < -0.3 is 10.1 Å². The second-order valence-corrected chi connectivity index (χ2v) is 5.85. The van der Waals surface area contributed by atoms with Gasteiger partial charge in [-0.15, -0.1) is 0 Å². The molecule has 2 atom stereocenters. The second-order valence-electron chi connectivity index (χ2n) is 5.85. The van der Waals surface area contributed by atoms with E-state index in [1.54, 1.807) is 0 Å². The van der Waals surface area contributed by atoms with Crippen molar-refractivity contribution in [1.29, 1.82) is 0 Å². The van der Waals surface area contributed by atoms with E-state index in [4.69, 9.17) is 4.74 Å². The highest BCUT2D eigenvalue weighted by molar-refractivity contribution is 5.81. The van der Waals surface area contributed by atoms with Crippen LogP contribution in [0.15, 0.2) is 48.5 Å². The van der Waals surface area contributed by atoms with Crippen LogP contribution in [-0.4, -0.2) is 12.0 Å². The summed E-state index contributed by atoms with van der Waals surface area (Å²) >= 11 is 0. The Bertz CT molecular complexity index is 652. The Kier molecular flexibility index (Phi) is 5.80. The zero-order valence-corrected chi connectivity index (χ0v) is 14.3. The molecule has 0 aromatic heterocycles. The number of ether oxygens (including phenoxy) is 1. The number of carbonyl (C=O) groups is 1. The van der Waals surface area contributed by atoms with Crippen LogP contribution in [0.25, 0.3) is 0 Å². The summed E-state index contributed by atoms with van der Waals surface area (Å²) in [5.41, 5.74) is 3.33. The van der Waals surface area contributed by atoms with Gasteiger partial charge in [-0.3, -0.25) is 4.79 Å². The molecule has 0 bridgehead atoms. The number of hydrogen-bond acceptors (Lipinski definition) is 2. The van der Waals surface area contributed by atoms with Gasteiger partial charge in [-0.1, -0.05) is 49.4 Å². The van der Waals surface area contributed by atoms with Crippen LogP contribution in [-0.2, 0) is 4.79 Å². The molecular weight excluding hydrogens is 286 g/mol. The molecule has 0 saturated heterocycles. The molecule has 0 saturated carbocycles. The van der Waals surface area contributed by atoms with E-state index in [1.165, 1.54) is 0 Å². The third-order valence-electron chi connectivity index (χ3n) is 4.15. The zero-order chi connectivity index (χ0) is 16.8. The minimum Gasteiger partial charge on any atom is -0.480 e. The largest absolute Gasteiger partial charge is 0.480 e. The molecule has 3 heteroatoms. The quantitative estimate of drug-likeness (QED) is 0.862. The highest BCUT2D eigenvalue weighted by Gasteiger charge is 2.21. The standard InChI is InChI=1S/C20H25NO2/c1-5-18(23-19-13-9-10-14(2)15(19)3)20(22)21-16(4)17-11-7-6-8-12-17/h6-13,16,18H,5H2,1-4H3,(H,21,22)/t16-,18?/m1/s1. The number of benzene rings is 2. The van der Waals surface area contributed by atoms with E-state index in [0.717, 1.165) is 22.4 Å². The molecule has 2 rings (SSSR count). The lowest BCUT2D eigenvalue weighted by Gasteiger charge is -2.22. The summed E-state index contributed by atoms with van der Waals surface area (Å²) in [7, 11) is 0. The maximum Gasteiger partial charge on any atom is 0.261 e. The fourth-order valence-electron chi connectivity index (χ4n) is 2.46. The monoisotopic (exact) mass is 311 g/mol. The van der Waals surface area contributed by atoms with Gasteiger partial charge in [0, 0.05) is 0 Å². The maximum atomic E-state index is 12.5. The maximum absolute atomic E-state index is 12.5. The van der Waals surface area contributed by atoms with Gasteiger partial charge in [0.25, 0.3) is 5.91 Å². The smallest absolute Gasteiger partial charge is 0.261 e. The normalized spacial score (nSPS) is 13.2. The Balaban J connectivity index is 2.05. The van der Waals surface area contributed by atoms with E-state index >= 15 is 0 Å². The van der Waals surface area contributed by atoms with Crippen LogP contribution in [0.2, 0.25) is 0 Å². The molecule has 3 nitrogen and oxygen atoms in total. The number of hydrogen-bond donors (Lipinski definition) is 1. The first-order chi connectivity index (χ1) is 11.0. The lowest BCUT2D eigenvalue weighted by atomic mass is 10.1. The van der Waals surface area contributed by atoms with E-state index in [-0.39, 0.29) is 11.9 Å². The van der Waals surface area contributed by atoms with Gasteiger partial charge in [-0.2, -0.15) is 0 Å². The molecule has 0 aliphatic heterocycles. The third kappa shape index (κ3) is 4.35. The second kappa shape index (κ2) is 7.82. The molecule has 0 spiro atoms. The highest BCUT2D eigenvalue weighted by atomic mass is 16.5. The van der Waals surface area contributed by atoms with Crippen molar-refractivity contribution >= 4 is 5.91 Å². The number of amides is 1. The summed E-state index contributed by atoms with van der Waals surface area (Å²) in [6.07, 6.45) is 0.141. The molecule has 0 fully saturated rings. The highest BCUT2D eigenvalue weighted by Crippen LogP contribution is 2.23. The van der Waals surface area contributed by atoms with Gasteiger partial charge in [-0.25, -0.2) is 0 Å². The van der Waals surface area contributed by atoms with E-state index in [9.17, 15) is 4.79 Å². The van der Waals surface area contributed by atoms with Crippen LogP contribution >= 0.6 is 0 Å². The molecule has 1 unspecified atom stereocenters. The van der Waals surface area contributed by atoms with E-state index in [2.05, 4.69) is 5.32 Å². The van der Waals surface area contributed by atoms with Crippen LogP contribution in [0.1, 0.15) is 43.0 Å². The van der Waals surface area contributed by atoms with Crippen molar-refractivity contribution in [3.63, 3.8) is 0 Å². The number of rotatable bonds is 6. The first-order valence-corrected chi connectivity index (χ1v) is 8.11. The van der Waals surface area contributed by atoms with Gasteiger partial charge in [0.05, 0.1) is 6.04 Å². The summed E-state index contributed by atoms with van der Waals surface area (Å²) < 4.78 is 5.96. The Hall–Kier alpha value is -2.29. The lowest BCUT2D eigenvalue weighted by Crippen LogP contribution is -2.39. The molecular formula is C20H25NO2. The molecule has 1 N–H and O–H groups in total. The lowest BCUT2D eigenvalue weighted by molar-refractivity contribution is -0.128. The van der Waals surface area contributed by atoms with Crippen LogP contribution in [0.3, 0.4) is 0 Å². The predicted molar refractivity (Wildman–Crippen MR) is 93.6 cm³/mol. The molecule has 23 heavy (non-hydrogen) atoms. The van der Waals surface area contributed by atoms with Crippen molar-refractivity contribution < 1.29 is 9.53 Å². The van der Waals surface area contributed by atoms with Crippen molar-refractivity contribution in [2.24, 2.45) is 0 Å². The average Bonchev–Trinajstić information content (AvgIpc) is 2.56. The Morgan fingerprint density at radius 3 is 2.43 bits per heavy atom. The van der Waals surface area contributed by atoms with E-state index in [0.29, 0.717) is 6.42 Å². The van der Waals surface area contributed by atoms with Gasteiger partial charge in [0.1, 0.15) is 5.75 Å². The molecule has 122 valence electrons. The van der Waals surface area contributed by atoms with Crippen LogP contribution in [0, 0.1) is 13.8 Å². The predicted octanol–water partition coefficient (Wildman–Crippen LogP) is 4.34. The molecule has 0 radical (unpaired) electrons. The number of carbonyl (C=O) groups excluding carboxylic acids is 1. The first-order valence-electron chi connectivity index (χ1n) is 8.11. The molecule has 2 aromatic rings. The Labute approximate surface area is 138 Å². The van der Waals surface area contributed by atoms with E-state index in [1.807, 2.05) is 76.2 Å². The third-order valence-corrected chi connectivity index (χ3v) is 4.15. The summed E-state index contributed by atoms with van der Waals surface area (Å²) in [5.74, 6) is 0.698. The van der Waals surface area contributed by atoms with Gasteiger partial charge >= 0.3 is 0 Å². The van der Waals surface area contributed by atoms with Crippen molar-refractivity contribution in [3.05, 3.63) is 65.2 Å². The summed E-state index contributed by atoms with van der Waals surface area (Å²) in [5, 5.41) is 3.04. The first kappa shape index (κ1) is 17.1. The van der Waals surface area contributed by atoms with Crippen molar-refractivity contribution in [2.45, 2.75) is 46.3 Å². The molecule has 0 aliphatic rings. The minimum absolute atomic E-state index is 0.0417. The average molecular weight is 311 g/mol. The van der Waals surface area contributed by atoms with Crippen LogP contribution in [0.4, 0.5) is 0 Å². The number of nitrogens with one attached hydrogen (secondary N) is 1. The molecule has 1 amide bonds.